The molecule has 0 bridgehead atoms. The van der Waals surface area contributed by atoms with Crippen molar-refractivity contribution >= 4 is 34.0 Å². The molecule has 11 heavy (non-hydrogen) atoms. The Hall–Kier alpha value is -0.590. The van der Waals surface area contributed by atoms with E-state index in [1.54, 1.807) is 22.6 Å². The summed E-state index contributed by atoms with van der Waals surface area (Å²) in [5.41, 5.74) is 10.7. The number of anilines is 2. The SMILES string of the molecule is Nc1cc(F)c(F)c(I)c1N. The van der Waals surface area contributed by atoms with Crippen LogP contribution in [0.15, 0.2) is 6.07 Å². The molecule has 0 aromatic heterocycles. The molecule has 2 nitrogen and oxygen atoms in total. The van der Waals surface area contributed by atoms with Crippen LogP contribution in [0.3, 0.4) is 0 Å². The third kappa shape index (κ3) is 1.37. The molecule has 1 aromatic carbocycles. The van der Waals surface area contributed by atoms with Crippen molar-refractivity contribution in [3.8, 4) is 0 Å². The normalized spacial score (nSPS) is 10.1. The van der Waals surface area contributed by atoms with Crippen LogP contribution >= 0.6 is 22.6 Å². The first-order valence-corrected chi connectivity index (χ1v) is 3.80. The molecule has 0 fully saturated rings. The first-order chi connectivity index (χ1) is 5.04. The molecular weight excluding hydrogens is 265 g/mol. The zero-order valence-electron chi connectivity index (χ0n) is 5.37. The van der Waals surface area contributed by atoms with E-state index in [4.69, 9.17) is 11.5 Å². The Morgan fingerprint density at radius 2 is 1.82 bits per heavy atom. The van der Waals surface area contributed by atoms with E-state index in [1.807, 2.05) is 0 Å². The molecule has 0 heterocycles. The molecule has 0 aliphatic rings. The van der Waals surface area contributed by atoms with Crippen molar-refractivity contribution in [3.63, 3.8) is 0 Å². The van der Waals surface area contributed by atoms with Crippen molar-refractivity contribution in [1.82, 2.24) is 0 Å². The van der Waals surface area contributed by atoms with Gasteiger partial charge in [-0.1, -0.05) is 0 Å². The van der Waals surface area contributed by atoms with Crippen LogP contribution in [-0.2, 0) is 0 Å². The highest BCUT2D eigenvalue weighted by Gasteiger charge is 2.11. The molecule has 60 valence electrons. The lowest BCUT2D eigenvalue weighted by Crippen LogP contribution is -2.01. The first kappa shape index (κ1) is 8.51. The van der Waals surface area contributed by atoms with Gasteiger partial charge in [-0.05, 0) is 22.6 Å². The zero-order chi connectivity index (χ0) is 8.59. The lowest BCUT2D eigenvalue weighted by molar-refractivity contribution is 0.505. The monoisotopic (exact) mass is 270 g/mol. The van der Waals surface area contributed by atoms with Gasteiger partial charge in [-0.25, -0.2) is 8.78 Å². The van der Waals surface area contributed by atoms with Crippen molar-refractivity contribution in [2.24, 2.45) is 0 Å². The molecule has 0 atom stereocenters. The molecule has 0 aliphatic heterocycles. The quantitative estimate of drug-likeness (QED) is 0.428. The van der Waals surface area contributed by atoms with Crippen molar-refractivity contribution in [2.75, 3.05) is 11.5 Å². The number of benzene rings is 1. The van der Waals surface area contributed by atoms with Gasteiger partial charge in [0.25, 0.3) is 0 Å². The maximum Gasteiger partial charge on any atom is 0.174 e. The Morgan fingerprint density at radius 1 is 1.27 bits per heavy atom. The van der Waals surface area contributed by atoms with Crippen LogP contribution in [0.25, 0.3) is 0 Å². The van der Waals surface area contributed by atoms with E-state index in [-0.39, 0.29) is 14.9 Å². The van der Waals surface area contributed by atoms with Gasteiger partial charge in [-0.15, -0.1) is 0 Å². The number of nitrogens with two attached hydrogens (primary N) is 2. The molecule has 1 rings (SSSR count). The molecule has 0 unspecified atom stereocenters. The molecule has 5 heteroatoms. The molecular formula is C6H5F2IN2. The molecule has 0 saturated carbocycles. The fourth-order valence-electron chi connectivity index (χ4n) is 0.627. The number of hydrogen-bond acceptors (Lipinski definition) is 2. The highest BCUT2D eigenvalue weighted by Crippen LogP contribution is 2.26. The van der Waals surface area contributed by atoms with E-state index in [1.165, 1.54) is 0 Å². The summed E-state index contributed by atoms with van der Waals surface area (Å²) in [6.07, 6.45) is 0. The first-order valence-electron chi connectivity index (χ1n) is 2.72. The smallest absolute Gasteiger partial charge is 0.174 e. The highest BCUT2D eigenvalue weighted by atomic mass is 127. The minimum absolute atomic E-state index is 0.0279. The van der Waals surface area contributed by atoms with Gasteiger partial charge in [0.1, 0.15) is 0 Å². The summed E-state index contributed by atoms with van der Waals surface area (Å²) in [4.78, 5) is 0. The summed E-state index contributed by atoms with van der Waals surface area (Å²) in [7, 11) is 0. The van der Waals surface area contributed by atoms with Gasteiger partial charge in [0.05, 0.1) is 14.9 Å². The second-order valence-corrected chi connectivity index (χ2v) is 3.07. The third-order valence-corrected chi connectivity index (χ3v) is 2.29. The van der Waals surface area contributed by atoms with Gasteiger partial charge >= 0.3 is 0 Å². The lowest BCUT2D eigenvalue weighted by atomic mass is 10.2. The van der Waals surface area contributed by atoms with Crippen molar-refractivity contribution in [1.29, 1.82) is 0 Å². The Labute approximate surface area is 75.7 Å². The largest absolute Gasteiger partial charge is 0.397 e. The van der Waals surface area contributed by atoms with Crippen molar-refractivity contribution in [2.45, 2.75) is 0 Å². The van der Waals surface area contributed by atoms with Gasteiger partial charge in [0.2, 0.25) is 0 Å². The van der Waals surface area contributed by atoms with Crippen LogP contribution in [0.4, 0.5) is 20.2 Å². The number of rotatable bonds is 0. The summed E-state index contributed by atoms with van der Waals surface area (Å²) in [6, 6.07) is 0.868. The Bertz CT molecular complexity index is 275. The van der Waals surface area contributed by atoms with Gasteiger partial charge < -0.3 is 11.5 Å². The predicted octanol–water partition coefficient (Wildman–Crippen LogP) is 1.73. The lowest BCUT2D eigenvalue weighted by Gasteiger charge is -2.03. The topological polar surface area (TPSA) is 52.0 Å². The molecule has 0 radical (unpaired) electrons. The van der Waals surface area contributed by atoms with Gasteiger partial charge in [-0.3, -0.25) is 0 Å². The summed E-state index contributed by atoms with van der Waals surface area (Å²) in [6.45, 7) is 0. The molecule has 0 spiro atoms. The van der Waals surface area contributed by atoms with Crippen molar-refractivity contribution in [3.05, 3.63) is 21.3 Å². The van der Waals surface area contributed by atoms with Crippen molar-refractivity contribution < 1.29 is 8.78 Å². The van der Waals surface area contributed by atoms with E-state index < -0.39 is 11.6 Å². The molecule has 0 aliphatic carbocycles. The Morgan fingerprint density at radius 3 is 2.36 bits per heavy atom. The second-order valence-electron chi connectivity index (χ2n) is 1.99. The molecule has 4 N–H and O–H groups in total. The maximum atomic E-state index is 12.7. The number of halogens is 3. The van der Waals surface area contributed by atoms with Gasteiger partial charge in [-0.2, -0.15) is 0 Å². The Balaban J connectivity index is 3.46. The molecule has 0 saturated heterocycles. The fourth-order valence-corrected chi connectivity index (χ4v) is 1.20. The summed E-state index contributed by atoms with van der Waals surface area (Å²) < 4.78 is 25.2. The average molecular weight is 270 g/mol. The van der Waals surface area contributed by atoms with Crippen LogP contribution in [0.1, 0.15) is 0 Å². The number of hydrogen-bond donors (Lipinski definition) is 2. The fraction of sp³-hybridized carbons (Fsp3) is 0. The number of nitrogen functional groups attached to an aromatic ring is 2. The molecule has 0 amide bonds. The predicted molar refractivity (Wildman–Crippen MR) is 47.9 cm³/mol. The summed E-state index contributed by atoms with van der Waals surface area (Å²) in [5, 5.41) is 0. The summed E-state index contributed by atoms with van der Waals surface area (Å²) >= 11 is 1.60. The average Bonchev–Trinajstić information content (AvgIpc) is 1.97. The zero-order valence-corrected chi connectivity index (χ0v) is 7.52. The summed E-state index contributed by atoms with van der Waals surface area (Å²) in [5.74, 6) is -1.92. The van der Waals surface area contributed by atoms with Crippen LogP contribution in [0.2, 0.25) is 0 Å². The van der Waals surface area contributed by atoms with E-state index in [2.05, 4.69) is 0 Å². The van der Waals surface area contributed by atoms with Crippen LogP contribution in [-0.4, -0.2) is 0 Å². The third-order valence-electron chi connectivity index (χ3n) is 1.23. The van der Waals surface area contributed by atoms with Crippen LogP contribution in [0, 0.1) is 15.2 Å². The van der Waals surface area contributed by atoms with E-state index in [0.29, 0.717) is 0 Å². The van der Waals surface area contributed by atoms with E-state index in [0.717, 1.165) is 6.07 Å². The standard InChI is InChI=1S/C6H5F2IN2/c7-2-1-3(10)6(11)5(9)4(2)8/h1H,10-11H2. The second kappa shape index (κ2) is 2.80. The van der Waals surface area contributed by atoms with E-state index in [9.17, 15) is 8.78 Å². The minimum atomic E-state index is -0.971. The minimum Gasteiger partial charge on any atom is -0.397 e. The highest BCUT2D eigenvalue weighted by molar-refractivity contribution is 14.1. The Kier molecular flexibility index (Phi) is 2.17. The van der Waals surface area contributed by atoms with E-state index >= 15 is 0 Å². The van der Waals surface area contributed by atoms with Gasteiger partial charge in [0.15, 0.2) is 11.6 Å². The van der Waals surface area contributed by atoms with Crippen LogP contribution < -0.4 is 11.5 Å². The van der Waals surface area contributed by atoms with Gasteiger partial charge in [0, 0.05) is 6.07 Å². The van der Waals surface area contributed by atoms with Crippen LogP contribution in [0.5, 0.6) is 0 Å². The maximum absolute atomic E-state index is 12.7. The molecule has 1 aromatic rings.